The molecule has 1 atom stereocenters. The molecule has 0 aromatic heterocycles. The smallest absolute Gasteiger partial charge is 0.251 e. The number of aliphatic hydroxyl groups is 1. The second-order valence-corrected chi connectivity index (χ2v) is 6.13. The van der Waals surface area contributed by atoms with Gasteiger partial charge in [0, 0.05) is 17.1 Å². The van der Waals surface area contributed by atoms with Crippen LogP contribution in [0.5, 0.6) is 0 Å². The average Bonchev–Trinajstić information content (AvgIpc) is 2.53. The number of hydrogen-bond donors (Lipinski definition) is 2. The number of hydrogen-bond acceptors (Lipinski definition) is 3. The predicted molar refractivity (Wildman–Crippen MR) is 92.6 cm³/mol. The van der Waals surface area contributed by atoms with Crippen molar-refractivity contribution in [3.63, 3.8) is 0 Å². The third-order valence-corrected chi connectivity index (χ3v) is 3.70. The molecule has 5 heteroatoms. The molecule has 0 heterocycles. The van der Waals surface area contributed by atoms with Gasteiger partial charge < -0.3 is 15.3 Å². The van der Waals surface area contributed by atoms with Gasteiger partial charge >= 0.3 is 0 Å². The van der Waals surface area contributed by atoms with E-state index >= 15 is 0 Å². The zero-order valence-corrected chi connectivity index (χ0v) is 14.0. The highest BCUT2D eigenvalue weighted by Crippen LogP contribution is 2.17. The highest BCUT2D eigenvalue weighted by Gasteiger charge is 2.15. The van der Waals surface area contributed by atoms with Crippen LogP contribution in [0.3, 0.4) is 0 Å². The molecule has 0 aliphatic carbocycles. The molecule has 4 nitrogen and oxygen atoms in total. The summed E-state index contributed by atoms with van der Waals surface area (Å²) < 4.78 is 0. The van der Waals surface area contributed by atoms with Gasteiger partial charge in [-0.1, -0.05) is 35.9 Å². The van der Waals surface area contributed by atoms with Crippen LogP contribution in [0.1, 0.15) is 27.5 Å². The molecule has 2 aromatic carbocycles. The fourth-order valence-electron chi connectivity index (χ4n) is 2.35. The Morgan fingerprint density at radius 3 is 2.52 bits per heavy atom. The first kappa shape index (κ1) is 17.5. The van der Waals surface area contributed by atoms with Gasteiger partial charge in [-0.25, -0.2) is 0 Å². The van der Waals surface area contributed by atoms with E-state index in [-0.39, 0.29) is 12.5 Å². The minimum absolute atomic E-state index is 0.176. The molecule has 0 spiro atoms. The normalized spacial score (nSPS) is 12.2. The van der Waals surface area contributed by atoms with E-state index in [1.165, 1.54) is 0 Å². The van der Waals surface area contributed by atoms with Crippen molar-refractivity contribution < 1.29 is 9.90 Å². The Balaban J connectivity index is 2.11. The van der Waals surface area contributed by atoms with Gasteiger partial charge in [-0.15, -0.1) is 0 Å². The summed E-state index contributed by atoms with van der Waals surface area (Å²) in [5.41, 5.74) is 2.46. The number of benzene rings is 2. The molecule has 0 saturated carbocycles. The third-order valence-electron chi connectivity index (χ3n) is 3.45. The molecule has 2 rings (SSSR count). The van der Waals surface area contributed by atoms with Crippen molar-refractivity contribution >= 4 is 17.5 Å². The van der Waals surface area contributed by atoms with Crippen molar-refractivity contribution in [3.8, 4) is 0 Å². The van der Waals surface area contributed by atoms with Gasteiger partial charge in [0.2, 0.25) is 0 Å². The summed E-state index contributed by atoms with van der Waals surface area (Å²) in [7, 11) is 3.96. The quantitative estimate of drug-likeness (QED) is 0.855. The Bertz CT molecular complexity index is 656. The number of halogens is 1. The fraction of sp³-hybridized carbons (Fsp3) is 0.278. The fourth-order valence-corrected chi connectivity index (χ4v) is 2.47. The van der Waals surface area contributed by atoms with Gasteiger partial charge in [0.1, 0.15) is 0 Å². The summed E-state index contributed by atoms with van der Waals surface area (Å²) in [6, 6.07) is 14.1. The highest BCUT2D eigenvalue weighted by atomic mass is 35.5. The third kappa shape index (κ3) is 5.06. The van der Waals surface area contributed by atoms with Gasteiger partial charge in [-0.3, -0.25) is 4.79 Å². The number of nitrogens with one attached hydrogen (secondary N) is 1. The maximum Gasteiger partial charge on any atom is 0.251 e. The molecule has 2 aromatic rings. The van der Waals surface area contributed by atoms with E-state index in [2.05, 4.69) is 5.32 Å². The highest BCUT2D eigenvalue weighted by molar-refractivity contribution is 6.30. The Morgan fingerprint density at radius 2 is 1.91 bits per heavy atom. The Morgan fingerprint density at radius 1 is 1.22 bits per heavy atom. The van der Waals surface area contributed by atoms with Crippen LogP contribution in [-0.2, 0) is 6.54 Å². The first-order valence-corrected chi connectivity index (χ1v) is 7.78. The lowest BCUT2D eigenvalue weighted by atomic mass is 10.1. The molecule has 0 aliphatic heterocycles. The molecule has 122 valence electrons. The largest absolute Gasteiger partial charge is 0.394 e. The number of carbonyl (C=O) groups excluding carboxylic acids is 1. The molecule has 2 N–H and O–H groups in total. The maximum absolute atomic E-state index is 12.4. The second-order valence-electron chi connectivity index (χ2n) is 5.70. The summed E-state index contributed by atoms with van der Waals surface area (Å²) in [6.45, 7) is 0.590. The monoisotopic (exact) mass is 332 g/mol. The molecule has 0 fully saturated rings. The number of nitrogens with zero attached hydrogens (tertiary/aromatic N) is 1. The van der Waals surface area contributed by atoms with E-state index in [4.69, 9.17) is 11.6 Å². The van der Waals surface area contributed by atoms with E-state index in [0.29, 0.717) is 10.6 Å². The molecule has 0 aliphatic rings. The van der Waals surface area contributed by atoms with E-state index in [9.17, 15) is 9.90 Å². The Hall–Kier alpha value is -1.88. The lowest BCUT2D eigenvalue weighted by Crippen LogP contribution is -2.30. The lowest BCUT2D eigenvalue weighted by molar-refractivity contribution is 0.0916. The molecular formula is C18H21ClN2O2. The van der Waals surface area contributed by atoms with Gasteiger partial charge in [-0.05, 0) is 49.5 Å². The Kier molecular flexibility index (Phi) is 6.16. The van der Waals surface area contributed by atoms with Crippen LogP contribution in [0.25, 0.3) is 0 Å². The summed E-state index contributed by atoms with van der Waals surface area (Å²) in [5, 5.41) is 13.0. The van der Waals surface area contributed by atoms with Crippen LogP contribution < -0.4 is 5.32 Å². The van der Waals surface area contributed by atoms with Crippen molar-refractivity contribution in [2.24, 2.45) is 0 Å². The Labute approximate surface area is 141 Å². The summed E-state index contributed by atoms with van der Waals surface area (Å²) in [5.74, 6) is -0.209. The minimum Gasteiger partial charge on any atom is -0.394 e. The van der Waals surface area contributed by atoms with Crippen molar-refractivity contribution in [2.45, 2.75) is 12.6 Å². The summed E-state index contributed by atoms with van der Waals surface area (Å²) in [6.07, 6.45) is 0. The summed E-state index contributed by atoms with van der Waals surface area (Å²) in [4.78, 5) is 14.5. The standard InChI is InChI=1S/C18H21ClN2O2/c1-21(2)11-13-4-3-5-15(10-13)18(23)20-17(12-22)14-6-8-16(19)9-7-14/h3-10,17,22H,11-12H2,1-2H3,(H,20,23). The van der Waals surface area contributed by atoms with Gasteiger partial charge in [0.05, 0.1) is 12.6 Å². The first-order valence-electron chi connectivity index (χ1n) is 7.40. The van der Waals surface area contributed by atoms with Crippen LogP contribution in [0.4, 0.5) is 0 Å². The molecular weight excluding hydrogens is 312 g/mol. The molecule has 0 bridgehead atoms. The van der Waals surface area contributed by atoms with Crippen LogP contribution in [0.15, 0.2) is 48.5 Å². The zero-order valence-electron chi connectivity index (χ0n) is 13.3. The maximum atomic E-state index is 12.4. The van der Waals surface area contributed by atoms with Gasteiger partial charge in [0.15, 0.2) is 0 Å². The number of aliphatic hydroxyl groups excluding tert-OH is 1. The second kappa shape index (κ2) is 8.11. The van der Waals surface area contributed by atoms with E-state index in [1.54, 1.807) is 30.3 Å². The van der Waals surface area contributed by atoms with Crippen molar-refractivity contribution in [3.05, 3.63) is 70.2 Å². The first-order chi connectivity index (χ1) is 11.0. The topological polar surface area (TPSA) is 52.6 Å². The molecule has 1 unspecified atom stereocenters. The van der Waals surface area contributed by atoms with Crippen LogP contribution in [0, 0.1) is 0 Å². The number of carbonyl (C=O) groups is 1. The van der Waals surface area contributed by atoms with E-state index in [1.807, 2.05) is 37.2 Å². The summed E-state index contributed by atoms with van der Waals surface area (Å²) >= 11 is 5.87. The van der Waals surface area contributed by atoms with Crippen molar-refractivity contribution in [2.75, 3.05) is 20.7 Å². The SMILES string of the molecule is CN(C)Cc1cccc(C(=O)NC(CO)c2ccc(Cl)cc2)c1. The zero-order chi connectivity index (χ0) is 16.8. The van der Waals surface area contributed by atoms with Gasteiger partial charge in [0.25, 0.3) is 5.91 Å². The lowest BCUT2D eigenvalue weighted by Gasteiger charge is -2.17. The van der Waals surface area contributed by atoms with Crippen LogP contribution in [-0.4, -0.2) is 36.6 Å². The molecule has 0 radical (unpaired) electrons. The predicted octanol–water partition coefficient (Wildman–Crippen LogP) is 2.87. The van der Waals surface area contributed by atoms with E-state index < -0.39 is 6.04 Å². The molecule has 0 saturated heterocycles. The van der Waals surface area contributed by atoms with Crippen LogP contribution in [0.2, 0.25) is 5.02 Å². The van der Waals surface area contributed by atoms with Gasteiger partial charge in [-0.2, -0.15) is 0 Å². The van der Waals surface area contributed by atoms with Crippen molar-refractivity contribution in [1.29, 1.82) is 0 Å². The van der Waals surface area contributed by atoms with E-state index in [0.717, 1.165) is 17.7 Å². The number of amides is 1. The van der Waals surface area contributed by atoms with Crippen molar-refractivity contribution in [1.82, 2.24) is 10.2 Å². The molecule has 23 heavy (non-hydrogen) atoms. The molecule has 1 amide bonds. The minimum atomic E-state index is -0.461. The number of rotatable bonds is 6. The average molecular weight is 333 g/mol. The van der Waals surface area contributed by atoms with Crippen LogP contribution >= 0.6 is 11.6 Å².